The number of hydrogen-bond donors (Lipinski definition) is 2. The second-order valence-corrected chi connectivity index (χ2v) is 10.0. The number of hydrazine groups is 1. The number of para-hydroxylation sites is 1. The van der Waals surface area contributed by atoms with Crippen LogP contribution in [0.1, 0.15) is 16.1 Å². The van der Waals surface area contributed by atoms with Gasteiger partial charge in [-0.2, -0.15) is 0 Å². The second kappa shape index (κ2) is 11.6. The van der Waals surface area contributed by atoms with Crippen molar-refractivity contribution in [2.24, 2.45) is 7.05 Å². The maximum absolute atomic E-state index is 13.9. The van der Waals surface area contributed by atoms with Crippen molar-refractivity contribution >= 4 is 35.2 Å². The van der Waals surface area contributed by atoms with Gasteiger partial charge in [-0.15, -0.1) is 10.2 Å². The Labute approximate surface area is 238 Å². The molecule has 0 aliphatic heterocycles. The summed E-state index contributed by atoms with van der Waals surface area (Å²) in [5.41, 5.74) is 7.18. The van der Waals surface area contributed by atoms with Crippen LogP contribution in [0.2, 0.25) is 5.02 Å². The predicted octanol–water partition coefficient (Wildman–Crippen LogP) is 3.94. The van der Waals surface area contributed by atoms with Gasteiger partial charge in [-0.25, -0.2) is 4.68 Å². The van der Waals surface area contributed by atoms with Gasteiger partial charge in [-0.3, -0.25) is 34.5 Å². The normalized spacial score (nSPS) is 10.9. The topological polar surface area (TPSA) is 116 Å². The molecule has 0 saturated carbocycles. The van der Waals surface area contributed by atoms with Crippen LogP contribution in [0.25, 0.3) is 22.8 Å². The SMILES string of the molecule is Cc1c(-n2c(SCC(=O)NNC(=O)c3ccccc3)nnc2-c2ccccc2Cl)c(=O)n(-c2ccccc2)n1C. The van der Waals surface area contributed by atoms with Crippen LogP contribution >= 0.6 is 23.4 Å². The molecule has 10 nitrogen and oxygen atoms in total. The summed E-state index contributed by atoms with van der Waals surface area (Å²) < 4.78 is 4.93. The highest BCUT2D eigenvalue weighted by molar-refractivity contribution is 7.99. The molecule has 40 heavy (non-hydrogen) atoms. The van der Waals surface area contributed by atoms with Crippen LogP contribution < -0.4 is 16.4 Å². The van der Waals surface area contributed by atoms with Gasteiger partial charge in [0.05, 0.1) is 22.2 Å². The lowest BCUT2D eigenvalue weighted by Crippen LogP contribution is -2.42. The molecule has 202 valence electrons. The summed E-state index contributed by atoms with van der Waals surface area (Å²) in [5, 5.41) is 9.42. The van der Waals surface area contributed by atoms with Crippen LogP contribution in [0.4, 0.5) is 0 Å². The first-order chi connectivity index (χ1) is 19.4. The molecule has 0 saturated heterocycles. The number of nitrogens with one attached hydrogen (secondary N) is 2. The first-order valence-corrected chi connectivity index (χ1v) is 13.5. The zero-order valence-corrected chi connectivity index (χ0v) is 23.1. The Hall–Kier alpha value is -4.61. The maximum atomic E-state index is 13.9. The fourth-order valence-electron chi connectivity index (χ4n) is 4.15. The van der Waals surface area contributed by atoms with Crippen molar-refractivity contribution in [2.45, 2.75) is 12.1 Å². The van der Waals surface area contributed by atoms with Gasteiger partial charge in [-0.1, -0.05) is 71.9 Å². The number of carbonyl (C=O) groups is 2. The Morgan fingerprint density at radius 3 is 2.25 bits per heavy atom. The maximum Gasteiger partial charge on any atom is 0.296 e. The predicted molar refractivity (Wildman–Crippen MR) is 154 cm³/mol. The molecular formula is C28H24ClN7O3S. The smallest absolute Gasteiger partial charge is 0.283 e. The molecule has 5 aromatic rings. The van der Waals surface area contributed by atoms with Crippen molar-refractivity contribution in [3.63, 3.8) is 0 Å². The third-order valence-corrected chi connectivity index (χ3v) is 7.44. The highest BCUT2D eigenvalue weighted by Crippen LogP contribution is 2.32. The van der Waals surface area contributed by atoms with E-state index in [1.165, 1.54) is 0 Å². The monoisotopic (exact) mass is 573 g/mol. The number of nitrogens with zero attached hydrogens (tertiary/aromatic N) is 5. The highest BCUT2D eigenvalue weighted by Gasteiger charge is 2.26. The number of rotatable bonds is 7. The zero-order valence-electron chi connectivity index (χ0n) is 21.5. The van der Waals surface area contributed by atoms with E-state index in [9.17, 15) is 14.4 Å². The number of aromatic nitrogens is 5. The number of thioether (sulfide) groups is 1. The van der Waals surface area contributed by atoms with Crippen LogP contribution in [0.15, 0.2) is 94.9 Å². The van der Waals surface area contributed by atoms with Crippen molar-refractivity contribution in [3.05, 3.63) is 112 Å². The fourth-order valence-corrected chi connectivity index (χ4v) is 5.11. The van der Waals surface area contributed by atoms with Crippen molar-refractivity contribution in [3.8, 4) is 22.8 Å². The minimum atomic E-state index is -0.463. The van der Waals surface area contributed by atoms with Crippen molar-refractivity contribution in [2.75, 3.05) is 5.75 Å². The molecule has 0 aliphatic rings. The summed E-state index contributed by atoms with van der Waals surface area (Å²) in [4.78, 5) is 38.8. The van der Waals surface area contributed by atoms with Crippen molar-refractivity contribution in [1.29, 1.82) is 0 Å². The van der Waals surface area contributed by atoms with Gasteiger partial charge < -0.3 is 0 Å². The standard InChI is InChI=1S/C28H24ClN7O3S/c1-18-24(27(39)36(34(18)2)20-13-7-4-8-14-20)35-25(21-15-9-10-16-22(21)29)31-33-28(35)40-17-23(37)30-32-26(38)19-11-5-3-6-12-19/h3-16H,17H2,1-2H3,(H,30,37)(H,32,38). The molecule has 2 aromatic heterocycles. The largest absolute Gasteiger partial charge is 0.296 e. The quantitative estimate of drug-likeness (QED) is 0.225. The first-order valence-electron chi connectivity index (χ1n) is 12.2. The Bertz CT molecular complexity index is 1750. The number of carbonyl (C=O) groups excluding carboxylic acids is 2. The first kappa shape index (κ1) is 27.0. The molecular weight excluding hydrogens is 550 g/mol. The average Bonchev–Trinajstić information content (AvgIpc) is 3.48. The lowest BCUT2D eigenvalue weighted by Gasteiger charge is -2.10. The molecule has 0 atom stereocenters. The van der Waals surface area contributed by atoms with Crippen molar-refractivity contribution < 1.29 is 9.59 Å². The molecule has 5 rings (SSSR count). The molecule has 0 radical (unpaired) electrons. The summed E-state index contributed by atoms with van der Waals surface area (Å²) in [5.74, 6) is -0.648. The van der Waals surface area contributed by atoms with E-state index in [1.54, 1.807) is 69.5 Å². The van der Waals surface area contributed by atoms with E-state index in [-0.39, 0.29) is 11.3 Å². The van der Waals surface area contributed by atoms with E-state index < -0.39 is 11.8 Å². The van der Waals surface area contributed by atoms with Gasteiger partial charge in [0.2, 0.25) is 5.91 Å². The van der Waals surface area contributed by atoms with E-state index in [0.29, 0.717) is 44.2 Å². The van der Waals surface area contributed by atoms with Crippen LogP contribution in [-0.4, -0.2) is 41.7 Å². The molecule has 0 bridgehead atoms. The fraction of sp³-hybridized carbons (Fsp3) is 0.107. The molecule has 0 fully saturated rings. The lowest BCUT2D eigenvalue weighted by atomic mass is 10.2. The van der Waals surface area contributed by atoms with E-state index in [0.717, 1.165) is 11.8 Å². The Morgan fingerprint density at radius 2 is 1.55 bits per heavy atom. The van der Waals surface area contributed by atoms with Crippen LogP contribution in [0.5, 0.6) is 0 Å². The minimum absolute atomic E-state index is 0.103. The average molecular weight is 574 g/mol. The zero-order chi connectivity index (χ0) is 28.2. The van der Waals surface area contributed by atoms with Crippen LogP contribution in [0, 0.1) is 6.92 Å². The third-order valence-electron chi connectivity index (χ3n) is 6.18. The minimum Gasteiger partial charge on any atom is -0.283 e. The number of amides is 2. The van der Waals surface area contributed by atoms with Gasteiger partial charge in [0.25, 0.3) is 11.5 Å². The van der Waals surface area contributed by atoms with Gasteiger partial charge in [-0.05, 0) is 43.3 Å². The molecule has 2 amide bonds. The second-order valence-electron chi connectivity index (χ2n) is 8.69. The molecule has 0 spiro atoms. The third kappa shape index (κ3) is 5.29. The number of halogens is 1. The summed E-state index contributed by atoms with van der Waals surface area (Å²) in [6.07, 6.45) is 0. The van der Waals surface area contributed by atoms with Gasteiger partial charge in [0.15, 0.2) is 11.0 Å². The van der Waals surface area contributed by atoms with E-state index in [4.69, 9.17) is 11.6 Å². The van der Waals surface area contributed by atoms with Crippen molar-refractivity contribution in [1.82, 2.24) is 35.0 Å². The molecule has 0 aliphatic carbocycles. The number of benzene rings is 3. The van der Waals surface area contributed by atoms with Crippen LogP contribution in [-0.2, 0) is 11.8 Å². The Kier molecular flexibility index (Phi) is 7.85. The van der Waals surface area contributed by atoms with Gasteiger partial charge in [0, 0.05) is 18.2 Å². The van der Waals surface area contributed by atoms with E-state index in [2.05, 4.69) is 21.0 Å². The van der Waals surface area contributed by atoms with E-state index >= 15 is 0 Å². The summed E-state index contributed by atoms with van der Waals surface area (Å²) in [6, 6.07) is 24.9. The summed E-state index contributed by atoms with van der Waals surface area (Å²) >= 11 is 7.58. The van der Waals surface area contributed by atoms with E-state index in [1.807, 2.05) is 43.3 Å². The Morgan fingerprint density at radius 1 is 0.900 bits per heavy atom. The van der Waals surface area contributed by atoms with Gasteiger partial charge >= 0.3 is 0 Å². The molecule has 2 N–H and O–H groups in total. The summed E-state index contributed by atoms with van der Waals surface area (Å²) in [7, 11) is 1.79. The lowest BCUT2D eigenvalue weighted by molar-refractivity contribution is -0.119. The summed E-state index contributed by atoms with van der Waals surface area (Å²) in [6.45, 7) is 1.83. The molecule has 0 unspecified atom stereocenters. The van der Waals surface area contributed by atoms with Gasteiger partial charge in [0.1, 0.15) is 5.69 Å². The molecule has 2 heterocycles. The molecule has 12 heteroatoms. The number of hydrogen-bond acceptors (Lipinski definition) is 6. The van der Waals surface area contributed by atoms with Crippen LogP contribution in [0.3, 0.4) is 0 Å². The molecule has 3 aromatic carbocycles. The highest BCUT2D eigenvalue weighted by atomic mass is 35.5. The Balaban J connectivity index is 1.49.